The molecule has 114 valence electrons. The number of aliphatic carboxylic acids is 2. The fourth-order valence-electron chi connectivity index (χ4n) is 1.66. The minimum atomic E-state index is -1.82. The van der Waals surface area contributed by atoms with Crippen molar-refractivity contribution >= 4 is 22.8 Å². The van der Waals surface area contributed by atoms with Crippen molar-refractivity contribution in [3.8, 4) is 11.5 Å². The summed E-state index contributed by atoms with van der Waals surface area (Å²) in [5.41, 5.74) is 1.06. The number of benzene rings is 1. The van der Waals surface area contributed by atoms with Crippen LogP contribution >= 0.6 is 0 Å². The molecule has 1 aromatic heterocycles. The number of ether oxygens (including phenoxy) is 2. The third-order valence-electron chi connectivity index (χ3n) is 2.63. The maximum absolute atomic E-state index is 9.10. The van der Waals surface area contributed by atoms with Crippen LogP contribution in [0.2, 0.25) is 0 Å². The number of aromatic nitrogens is 2. The van der Waals surface area contributed by atoms with Crippen molar-refractivity contribution in [3.05, 3.63) is 18.3 Å². The predicted molar refractivity (Wildman–Crippen MR) is 73.8 cm³/mol. The number of carboxylic acid groups (broad SMARTS) is 2. The van der Waals surface area contributed by atoms with Crippen molar-refractivity contribution in [2.24, 2.45) is 0 Å². The molecule has 2 rings (SSSR count). The Morgan fingerprint density at radius 1 is 1.14 bits per heavy atom. The molecule has 0 atom stereocenters. The zero-order valence-electron chi connectivity index (χ0n) is 11.9. The van der Waals surface area contributed by atoms with Crippen molar-refractivity contribution in [1.29, 1.82) is 0 Å². The number of hydrogen-bond acceptors (Lipinski definition) is 5. The number of carboxylic acids is 2. The molecule has 0 unspecified atom stereocenters. The van der Waals surface area contributed by atoms with Crippen molar-refractivity contribution in [2.45, 2.75) is 13.5 Å². The maximum Gasteiger partial charge on any atom is 0.414 e. The summed E-state index contributed by atoms with van der Waals surface area (Å²) in [5.74, 6) is -2.18. The number of aryl methyl sites for hydroxylation is 1. The van der Waals surface area contributed by atoms with Gasteiger partial charge in [0.05, 0.1) is 25.9 Å². The van der Waals surface area contributed by atoms with Gasteiger partial charge in [-0.3, -0.25) is 4.68 Å². The van der Waals surface area contributed by atoms with Crippen molar-refractivity contribution in [1.82, 2.24) is 9.78 Å². The number of nitrogens with zero attached hydrogens (tertiary/aromatic N) is 2. The minimum Gasteiger partial charge on any atom is -0.493 e. The van der Waals surface area contributed by atoms with Crippen LogP contribution in [0.1, 0.15) is 6.92 Å². The molecule has 0 aliphatic rings. The lowest BCUT2D eigenvalue weighted by Gasteiger charge is -2.07. The molecule has 0 amide bonds. The molecule has 21 heavy (non-hydrogen) atoms. The zero-order valence-corrected chi connectivity index (χ0v) is 11.9. The van der Waals surface area contributed by atoms with Crippen LogP contribution in [-0.2, 0) is 16.1 Å². The number of hydrogen-bond donors (Lipinski definition) is 2. The highest BCUT2D eigenvalue weighted by Gasteiger charge is 2.09. The van der Waals surface area contributed by atoms with Crippen LogP contribution in [0.15, 0.2) is 18.3 Å². The van der Waals surface area contributed by atoms with E-state index in [0.29, 0.717) is 0 Å². The molecule has 8 heteroatoms. The van der Waals surface area contributed by atoms with Gasteiger partial charge in [0.2, 0.25) is 0 Å². The summed E-state index contributed by atoms with van der Waals surface area (Å²) >= 11 is 0. The van der Waals surface area contributed by atoms with Crippen LogP contribution in [-0.4, -0.2) is 46.2 Å². The highest BCUT2D eigenvalue weighted by atomic mass is 16.5. The molecule has 1 heterocycles. The Labute approximate surface area is 120 Å². The lowest BCUT2D eigenvalue weighted by Crippen LogP contribution is -2.09. The monoisotopic (exact) mass is 296 g/mol. The van der Waals surface area contributed by atoms with E-state index in [4.69, 9.17) is 29.3 Å². The van der Waals surface area contributed by atoms with Gasteiger partial charge in [-0.1, -0.05) is 0 Å². The molecular weight excluding hydrogens is 280 g/mol. The number of methoxy groups -OCH3 is 2. The summed E-state index contributed by atoms with van der Waals surface area (Å²) in [4.78, 5) is 18.2. The number of fused-ring (bicyclic) bond motifs is 1. The lowest BCUT2D eigenvalue weighted by atomic mass is 10.2. The largest absolute Gasteiger partial charge is 0.493 e. The molecule has 0 saturated carbocycles. The molecule has 0 aliphatic heterocycles. The van der Waals surface area contributed by atoms with E-state index in [0.717, 1.165) is 28.9 Å². The molecular formula is C13H16N2O6. The van der Waals surface area contributed by atoms with Gasteiger partial charge < -0.3 is 19.7 Å². The molecule has 0 bridgehead atoms. The highest BCUT2D eigenvalue weighted by Crippen LogP contribution is 2.31. The van der Waals surface area contributed by atoms with Crippen molar-refractivity contribution in [3.63, 3.8) is 0 Å². The fourth-order valence-corrected chi connectivity index (χ4v) is 1.66. The molecule has 0 saturated heterocycles. The van der Waals surface area contributed by atoms with E-state index < -0.39 is 11.9 Å². The first-order valence-corrected chi connectivity index (χ1v) is 5.98. The van der Waals surface area contributed by atoms with Gasteiger partial charge in [-0.05, 0) is 13.0 Å². The average Bonchev–Trinajstić information content (AvgIpc) is 2.88. The molecule has 8 nitrogen and oxygen atoms in total. The first-order chi connectivity index (χ1) is 9.94. The van der Waals surface area contributed by atoms with Gasteiger partial charge in [0.1, 0.15) is 0 Å². The Hall–Kier alpha value is -2.77. The molecule has 0 fully saturated rings. The van der Waals surface area contributed by atoms with Gasteiger partial charge in [-0.15, -0.1) is 0 Å². The average molecular weight is 296 g/mol. The van der Waals surface area contributed by atoms with Gasteiger partial charge in [0, 0.05) is 18.0 Å². The number of rotatable bonds is 3. The Bertz CT molecular complexity index is 637. The van der Waals surface area contributed by atoms with Crippen LogP contribution < -0.4 is 9.47 Å². The van der Waals surface area contributed by atoms with E-state index in [-0.39, 0.29) is 0 Å². The Kier molecular flexibility index (Phi) is 5.53. The first kappa shape index (κ1) is 16.3. The molecule has 1 aromatic carbocycles. The third kappa shape index (κ3) is 3.85. The summed E-state index contributed by atoms with van der Waals surface area (Å²) in [6.07, 6.45) is 1.83. The minimum absolute atomic E-state index is 0.736. The quantitative estimate of drug-likeness (QED) is 0.819. The van der Waals surface area contributed by atoms with E-state index in [1.54, 1.807) is 14.2 Å². The zero-order chi connectivity index (χ0) is 16.0. The molecule has 0 aliphatic carbocycles. The van der Waals surface area contributed by atoms with Crippen LogP contribution in [0.25, 0.3) is 10.9 Å². The van der Waals surface area contributed by atoms with Gasteiger partial charge in [-0.25, -0.2) is 9.59 Å². The van der Waals surface area contributed by atoms with Crippen LogP contribution in [0.3, 0.4) is 0 Å². The lowest BCUT2D eigenvalue weighted by molar-refractivity contribution is -0.159. The maximum atomic E-state index is 9.10. The molecule has 0 radical (unpaired) electrons. The SMILES string of the molecule is CCn1ncc2cc(OC)c(OC)cc21.O=C(O)C(=O)O. The molecule has 2 aromatic rings. The topological polar surface area (TPSA) is 111 Å². The highest BCUT2D eigenvalue weighted by molar-refractivity contribution is 6.27. The van der Waals surface area contributed by atoms with E-state index in [9.17, 15) is 0 Å². The Morgan fingerprint density at radius 2 is 1.67 bits per heavy atom. The van der Waals surface area contributed by atoms with E-state index >= 15 is 0 Å². The Morgan fingerprint density at radius 3 is 2.10 bits per heavy atom. The van der Waals surface area contributed by atoms with Crippen molar-refractivity contribution in [2.75, 3.05) is 14.2 Å². The van der Waals surface area contributed by atoms with Crippen LogP contribution in [0.5, 0.6) is 11.5 Å². The summed E-state index contributed by atoms with van der Waals surface area (Å²) in [5, 5.41) is 20.1. The summed E-state index contributed by atoms with van der Waals surface area (Å²) in [6, 6.07) is 3.89. The fraction of sp³-hybridized carbons (Fsp3) is 0.308. The van der Waals surface area contributed by atoms with Crippen LogP contribution in [0, 0.1) is 0 Å². The van der Waals surface area contributed by atoms with E-state index in [2.05, 4.69) is 12.0 Å². The molecule has 2 N–H and O–H groups in total. The summed E-state index contributed by atoms with van der Waals surface area (Å²) < 4.78 is 12.4. The van der Waals surface area contributed by atoms with Gasteiger partial charge >= 0.3 is 11.9 Å². The second kappa shape index (κ2) is 7.13. The third-order valence-corrected chi connectivity index (χ3v) is 2.63. The summed E-state index contributed by atoms with van der Waals surface area (Å²) in [6.45, 7) is 2.90. The second-order valence-electron chi connectivity index (χ2n) is 3.84. The predicted octanol–water partition coefficient (Wildman–Crippen LogP) is 1.23. The van der Waals surface area contributed by atoms with Gasteiger partial charge in [-0.2, -0.15) is 5.10 Å². The van der Waals surface area contributed by atoms with Crippen molar-refractivity contribution < 1.29 is 29.3 Å². The normalized spacial score (nSPS) is 9.67. The smallest absolute Gasteiger partial charge is 0.414 e. The Balaban J connectivity index is 0.000000315. The van der Waals surface area contributed by atoms with Crippen LogP contribution in [0.4, 0.5) is 0 Å². The van der Waals surface area contributed by atoms with E-state index in [1.807, 2.05) is 23.0 Å². The van der Waals surface area contributed by atoms with Gasteiger partial charge in [0.15, 0.2) is 11.5 Å². The standard InChI is InChI=1S/C11H14N2O2.C2H2O4/c1-4-13-9-6-11(15-3)10(14-2)5-8(9)7-12-13;3-1(4)2(5)6/h5-7H,4H2,1-3H3;(H,3,4)(H,5,6). The number of carbonyl (C=O) groups is 2. The van der Waals surface area contributed by atoms with E-state index in [1.165, 1.54) is 0 Å². The second-order valence-corrected chi connectivity index (χ2v) is 3.84. The molecule has 0 spiro atoms. The first-order valence-electron chi connectivity index (χ1n) is 5.98. The summed E-state index contributed by atoms with van der Waals surface area (Å²) in [7, 11) is 3.27. The van der Waals surface area contributed by atoms with Gasteiger partial charge in [0.25, 0.3) is 0 Å².